The predicted molar refractivity (Wildman–Crippen MR) is 66.0 cm³/mol. The van der Waals surface area contributed by atoms with Crippen molar-refractivity contribution in [1.29, 1.82) is 0 Å². The van der Waals surface area contributed by atoms with Crippen molar-refractivity contribution in [3.05, 3.63) is 65.0 Å². The van der Waals surface area contributed by atoms with Gasteiger partial charge >= 0.3 is 0 Å². The molecule has 92 valence electrons. The summed E-state index contributed by atoms with van der Waals surface area (Å²) in [5.41, 5.74) is 3.23. The smallest absolute Gasteiger partial charge is 0.123 e. The third-order valence-corrected chi connectivity index (χ3v) is 3.21. The summed E-state index contributed by atoms with van der Waals surface area (Å²) in [6.45, 7) is 0.564. The molecule has 2 nitrogen and oxygen atoms in total. The summed E-state index contributed by atoms with van der Waals surface area (Å²) in [6, 6.07) is 12.4. The van der Waals surface area contributed by atoms with Gasteiger partial charge in [0.05, 0.1) is 13.7 Å². The molecule has 2 aromatic carbocycles. The molecule has 0 amide bonds. The average molecular weight is 244 g/mol. The van der Waals surface area contributed by atoms with E-state index < -0.39 is 0 Å². The summed E-state index contributed by atoms with van der Waals surface area (Å²) in [5, 5.41) is 0. The first-order chi connectivity index (χ1) is 8.78. The highest BCUT2D eigenvalue weighted by atomic mass is 19.1. The van der Waals surface area contributed by atoms with E-state index in [1.807, 2.05) is 18.2 Å². The van der Waals surface area contributed by atoms with Crippen molar-refractivity contribution in [1.82, 2.24) is 0 Å². The molecule has 1 unspecified atom stereocenters. The van der Waals surface area contributed by atoms with Gasteiger partial charge in [0.2, 0.25) is 0 Å². The number of halogens is 1. The summed E-state index contributed by atoms with van der Waals surface area (Å²) in [5.74, 6) is 0.601. The van der Waals surface area contributed by atoms with Crippen molar-refractivity contribution in [2.24, 2.45) is 0 Å². The second-order valence-corrected chi connectivity index (χ2v) is 4.31. The van der Waals surface area contributed by atoms with Crippen LogP contribution in [-0.4, -0.2) is 7.11 Å². The Balaban J connectivity index is 1.97. The third kappa shape index (κ3) is 1.87. The zero-order chi connectivity index (χ0) is 12.5. The fourth-order valence-corrected chi connectivity index (χ4v) is 2.27. The highest BCUT2D eigenvalue weighted by Crippen LogP contribution is 2.37. The van der Waals surface area contributed by atoms with Crippen LogP contribution in [0.4, 0.5) is 4.39 Å². The molecule has 1 atom stereocenters. The van der Waals surface area contributed by atoms with Gasteiger partial charge in [0.25, 0.3) is 0 Å². The quantitative estimate of drug-likeness (QED) is 0.805. The predicted octanol–water partition coefficient (Wildman–Crippen LogP) is 3.45. The van der Waals surface area contributed by atoms with Crippen LogP contribution in [0.5, 0.6) is 5.75 Å². The molecule has 0 aliphatic carbocycles. The van der Waals surface area contributed by atoms with Crippen molar-refractivity contribution in [2.45, 2.75) is 12.7 Å². The monoisotopic (exact) mass is 244 g/mol. The zero-order valence-electron chi connectivity index (χ0n) is 10.0. The first-order valence-corrected chi connectivity index (χ1v) is 5.82. The van der Waals surface area contributed by atoms with Gasteiger partial charge in [-0.1, -0.05) is 18.2 Å². The van der Waals surface area contributed by atoms with Crippen LogP contribution in [-0.2, 0) is 11.3 Å². The lowest BCUT2D eigenvalue weighted by molar-refractivity contribution is 0.0938. The first kappa shape index (κ1) is 11.2. The highest BCUT2D eigenvalue weighted by molar-refractivity contribution is 5.42. The third-order valence-electron chi connectivity index (χ3n) is 3.21. The normalized spacial score (nSPS) is 17.6. The van der Waals surface area contributed by atoms with Gasteiger partial charge in [0, 0.05) is 0 Å². The molecule has 1 heterocycles. The number of ether oxygens (including phenoxy) is 2. The van der Waals surface area contributed by atoms with Crippen LogP contribution >= 0.6 is 0 Å². The van der Waals surface area contributed by atoms with Crippen LogP contribution in [0.2, 0.25) is 0 Å². The molecule has 3 heteroatoms. The Morgan fingerprint density at radius 2 is 1.94 bits per heavy atom. The highest BCUT2D eigenvalue weighted by Gasteiger charge is 2.25. The molecule has 1 aliphatic rings. The largest absolute Gasteiger partial charge is 0.497 e. The minimum atomic E-state index is -0.230. The minimum absolute atomic E-state index is 0.105. The lowest BCUT2D eigenvalue weighted by Gasteiger charge is -2.11. The van der Waals surface area contributed by atoms with Gasteiger partial charge < -0.3 is 9.47 Å². The van der Waals surface area contributed by atoms with E-state index >= 15 is 0 Å². The van der Waals surface area contributed by atoms with E-state index in [0.29, 0.717) is 6.61 Å². The lowest BCUT2D eigenvalue weighted by Crippen LogP contribution is -1.98. The maximum atomic E-state index is 12.9. The molecule has 0 radical (unpaired) electrons. The number of rotatable bonds is 2. The van der Waals surface area contributed by atoms with E-state index in [1.54, 1.807) is 19.2 Å². The second kappa shape index (κ2) is 4.42. The topological polar surface area (TPSA) is 18.5 Å². The summed E-state index contributed by atoms with van der Waals surface area (Å²) in [7, 11) is 1.65. The van der Waals surface area contributed by atoms with Gasteiger partial charge in [-0.15, -0.1) is 0 Å². The van der Waals surface area contributed by atoms with E-state index in [0.717, 1.165) is 22.4 Å². The van der Waals surface area contributed by atoms with Gasteiger partial charge in [0.1, 0.15) is 17.7 Å². The van der Waals surface area contributed by atoms with Gasteiger partial charge in [-0.2, -0.15) is 0 Å². The van der Waals surface area contributed by atoms with Crippen LogP contribution < -0.4 is 4.74 Å². The van der Waals surface area contributed by atoms with Crippen LogP contribution in [0.1, 0.15) is 22.8 Å². The summed E-state index contributed by atoms with van der Waals surface area (Å²) in [6.07, 6.45) is -0.105. The van der Waals surface area contributed by atoms with Crippen LogP contribution in [0, 0.1) is 5.82 Å². The number of fused-ring (bicyclic) bond motifs is 1. The molecule has 3 rings (SSSR count). The molecule has 0 aromatic heterocycles. The van der Waals surface area contributed by atoms with E-state index in [4.69, 9.17) is 9.47 Å². The van der Waals surface area contributed by atoms with E-state index in [1.165, 1.54) is 12.1 Å². The van der Waals surface area contributed by atoms with Crippen LogP contribution in [0.25, 0.3) is 0 Å². The fourth-order valence-electron chi connectivity index (χ4n) is 2.27. The molecule has 18 heavy (non-hydrogen) atoms. The van der Waals surface area contributed by atoms with Crippen molar-refractivity contribution < 1.29 is 13.9 Å². The average Bonchev–Trinajstić information content (AvgIpc) is 2.82. The molecule has 0 N–H and O–H groups in total. The Morgan fingerprint density at radius 3 is 2.67 bits per heavy atom. The number of benzene rings is 2. The summed E-state index contributed by atoms with van der Waals surface area (Å²) in [4.78, 5) is 0. The Labute approximate surface area is 105 Å². The Bertz CT molecular complexity index is 563. The molecule has 0 fully saturated rings. The first-order valence-electron chi connectivity index (χ1n) is 5.82. The van der Waals surface area contributed by atoms with E-state index in [9.17, 15) is 4.39 Å². The number of methoxy groups -OCH3 is 1. The van der Waals surface area contributed by atoms with Gasteiger partial charge in [-0.05, 0) is 41.0 Å². The second-order valence-electron chi connectivity index (χ2n) is 4.31. The van der Waals surface area contributed by atoms with Gasteiger partial charge in [0.15, 0.2) is 0 Å². The molecule has 0 spiro atoms. The van der Waals surface area contributed by atoms with Crippen molar-refractivity contribution in [3.63, 3.8) is 0 Å². The SMILES string of the molecule is COc1ccc2c(c1)COC2c1ccc(F)cc1. The zero-order valence-corrected chi connectivity index (χ0v) is 10.0. The standard InChI is InChI=1S/C15H13FO2/c1-17-13-6-7-14-11(8-13)9-18-15(14)10-2-4-12(16)5-3-10/h2-8,15H,9H2,1H3. The van der Waals surface area contributed by atoms with Crippen LogP contribution in [0.3, 0.4) is 0 Å². The van der Waals surface area contributed by atoms with E-state index in [-0.39, 0.29) is 11.9 Å². The Hall–Kier alpha value is -1.87. The van der Waals surface area contributed by atoms with Gasteiger partial charge in [-0.3, -0.25) is 0 Å². The molecule has 2 aromatic rings. The molecule has 0 saturated carbocycles. The molecule has 0 bridgehead atoms. The Kier molecular flexibility index (Phi) is 2.76. The van der Waals surface area contributed by atoms with Crippen LogP contribution in [0.15, 0.2) is 42.5 Å². The van der Waals surface area contributed by atoms with Crippen molar-refractivity contribution in [3.8, 4) is 5.75 Å². The molecular weight excluding hydrogens is 231 g/mol. The van der Waals surface area contributed by atoms with Crippen molar-refractivity contribution >= 4 is 0 Å². The van der Waals surface area contributed by atoms with Gasteiger partial charge in [-0.25, -0.2) is 4.39 Å². The molecule has 1 aliphatic heterocycles. The maximum absolute atomic E-state index is 12.9. The van der Waals surface area contributed by atoms with E-state index in [2.05, 4.69) is 0 Å². The Morgan fingerprint density at radius 1 is 1.17 bits per heavy atom. The van der Waals surface area contributed by atoms with Crippen molar-refractivity contribution in [2.75, 3.05) is 7.11 Å². The number of hydrogen-bond acceptors (Lipinski definition) is 2. The molecule has 0 saturated heterocycles. The summed E-state index contributed by atoms with van der Waals surface area (Å²) < 4.78 is 23.9. The fraction of sp³-hybridized carbons (Fsp3) is 0.200. The maximum Gasteiger partial charge on any atom is 0.123 e. The molecular formula is C15H13FO2. The minimum Gasteiger partial charge on any atom is -0.497 e. The summed E-state index contributed by atoms with van der Waals surface area (Å²) >= 11 is 0. The number of hydrogen-bond donors (Lipinski definition) is 0. The lowest BCUT2D eigenvalue weighted by atomic mass is 9.99.